The topological polar surface area (TPSA) is 0 Å². The van der Waals surface area contributed by atoms with E-state index in [1.165, 1.54) is 31.1 Å². The van der Waals surface area contributed by atoms with Crippen LogP contribution in [0.15, 0.2) is 197 Å². The summed E-state index contributed by atoms with van der Waals surface area (Å²) in [5.74, 6) is 0. The summed E-state index contributed by atoms with van der Waals surface area (Å²) in [7, 11) is -0.0146. The van der Waals surface area contributed by atoms with E-state index in [0.29, 0.717) is 0 Å². The lowest BCUT2D eigenvalue weighted by Crippen LogP contribution is -2.64. The van der Waals surface area contributed by atoms with Crippen LogP contribution >= 0.6 is 0 Å². The van der Waals surface area contributed by atoms with Gasteiger partial charge in [-0.15, -0.1) is 0 Å². The van der Waals surface area contributed by atoms with Gasteiger partial charge in [-0.25, -0.2) is 16.4 Å². The van der Waals surface area contributed by atoms with Gasteiger partial charge < -0.3 is 0 Å². The van der Waals surface area contributed by atoms with Gasteiger partial charge in [-0.2, -0.15) is 6.82 Å². The summed E-state index contributed by atoms with van der Waals surface area (Å²) in [6, 6.07) is 64.6. The van der Waals surface area contributed by atoms with E-state index in [9.17, 15) is 0 Å². The Morgan fingerprint density at radius 3 is 0.744 bits per heavy atom. The molecule has 0 saturated carbocycles. The van der Waals surface area contributed by atoms with Crippen LogP contribution in [-0.4, -0.2) is 6.15 Å². The Balaban J connectivity index is 0.000000158. The van der Waals surface area contributed by atoms with Crippen LogP contribution in [-0.2, 0) is 10.9 Å². The molecule has 0 amide bonds. The molecule has 6 aromatic carbocycles. The van der Waals surface area contributed by atoms with Crippen LogP contribution in [0.3, 0.4) is 0 Å². The Bertz CT molecular complexity index is 1330. The molecule has 0 radical (unpaired) electrons. The number of benzene rings is 6. The summed E-state index contributed by atoms with van der Waals surface area (Å²) in [6.07, 6.45) is -0.912. The Morgan fingerprint density at radius 2 is 0.513 bits per heavy atom. The van der Waals surface area contributed by atoms with E-state index >= 15 is 0 Å². The van der Waals surface area contributed by atoms with Crippen molar-refractivity contribution in [2.75, 3.05) is 0 Å². The second-order valence-electron chi connectivity index (χ2n) is 9.78. The maximum Gasteiger partial charge on any atom is 0.166 e. The monoisotopic (exact) mass is 520 g/mol. The van der Waals surface area contributed by atoms with Crippen LogP contribution in [0.4, 0.5) is 0 Å². The molecule has 0 aliphatic carbocycles. The molecule has 0 nitrogen and oxygen atoms in total. The second-order valence-corrected chi connectivity index (χ2v) is 11.8. The van der Waals surface area contributed by atoms with Crippen LogP contribution in [0.25, 0.3) is 0 Å². The van der Waals surface area contributed by atoms with Gasteiger partial charge in [0.05, 0.1) is 17.0 Å². The van der Waals surface area contributed by atoms with Gasteiger partial charge in [0.25, 0.3) is 0 Å². The zero-order valence-electron chi connectivity index (χ0n) is 22.3. The lowest BCUT2D eigenvalue weighted by Gasteiger charge is -2.39. The fourth-order valence-electron chi connectivity index (χ4n) is 5.17. The second kappa shape index (κ2) is 13.0. The zero-order valence-corrected chi connectivity index (χ0v) is 23.1. The normalized spacial score (nSPS) is 10.9. The zero-order chi connectivity index (χ0) is 26.8. The van der Waals surface area contributed by atoms with E-state index < -0.39 is 6.15 Å². The maximum absolute atomic E-state index is 2.36. The Kier molecular flexibility index (Phi) is 8.78. The van der Waals surface area contributed by atoms with Crippen LogP contribution in [0.1, 0.15) is 0 Å². The van der Waals surface area contributed by atoms with Gasteiger partial charge in [0.15, 0.2) is 14.7 Å². The molecule has 190 valence electrons. The number of hydrogen-bond acceptors (Lipinski definition) is 0. The van der Waals surface area contributed by atoms with Gasteiger partial charge in [-0.1, -0.05) is 146 Å². The van der Waals surface area contributed by atoms with Crippen molar-refractivity contribution in [2.45, 2.75) is 21.5 Å². The molecule has 0 unspecified atom stereocenters. The summed E-state index contributed by atoms with van der Waals surface area (Å²) in [5.41, 5.74) is 4.14. The van der Waals surface area contributed by atoms with Gasteiger partial charge in [0, 0.05) is 0 Å². The van der Waals surface area contributed by atoms with Gasteiger partial charge >= 0.3 is 0 Å². The molecule has 0 fully saturated rings. The van der Waals surface area contributed by atoms with Crippen molar-refractivity contribution in [2.24, 2.45) is 0 Å². The number of rotatable bonds is 6. The fourth-order valence-corrected chi connectivity index (χ4v) is 7.27. The molecule has 0 atom stereocenters. The van der Waals surface area contributed by atoms with Crippen LogP contribution < -0.4 is 16.4 Å². The van der Waals surface area contributed by atoms with Crippen molar-refractivity contribution in [3.05, 3.63) is 182 Å². The van der Waals surface area contributed by atoms with Crippen LogP contribution in [0.5, 0.6) is 0 Å². The Morgan fingerprint density at radius 1 is 0.308 bits per heavy atom. The Labute approximate surface area is 236 Å². The summed E-state index contributed by atoms with van der Waals surface area (Å²) in [4.78, 5) is 4.08. The molecule has 0 heterocycles. The average Bonchev–Trinajstić information content (AvgIpc) is 3.04. The Hall–Kier alpha value is -4.27. The minimum absolute atomic E-state index is 0.0146. The van der Waals surface area contributed by atoms with Gasteiger partial charge in [0.2, 0.25) is 0 Å². The third-order valence-corrected chi connectivity index (χ3v) is 9.57. The molecule has 6 rings (SSSR count). The third kappa shape index (κ3) is 6.25. The highest BCUT2D eigenvalue weighted by molar-refractivity contribution is 7.97. The smallest absolute Gasteiger partial charge is 0.166 e. The molecule has 0 saturated heterocycles. The summed E-state index contributed by atoms with van der Waals surface area (Å²) >= 11 is 0. The van der Waals surface area contributed by atoms with Crippen molar-refractivity contribution in [3.8, 4) is 0 Å². The fraction of sp³-hybridized carbons (Fsp3) is 0.0270. The molecule has 0 bridgehead atoms. The van der Waals surface area contributed by atoms with Crippen molar-refractivity contribution in [1.29, 1.82) is 0 Å². The highest BCUT2D eigenvalue weighted by atomic mass is 32.2. The lowest BCUT2D eigenvalue weighted by molar-refractivity contribution is 1.32. The first kappa shape index (κ1) is 26.3. The largest absolute Gasteiger partial charge is 0.200 e. The highest BCUT2D eigenvalue weighted by Gasteiger charge is 2.27. The van der Waals surface area contributed by atoms with Crippen molar-refractivity contribution in [1.82, 2.24) is 0 Å². The van der Waals surface area contributed by atoms with E-state index in [1.54, 1.807) is 0 Å². The van der Waals surface area contributed by atoms with Crippen LogP contribution in [0.2, 0.25) is 6.82 Å². The minimum Gasteiger partial charge on any atom is -0.200 e. The molecular formula is C37H33BS. The SMILES string of the molecule is C[B-](c1ccccc1)(c1ccccc1)c1ccccc1.c1ccc([S+](c2ccccc2)c2ccccc2)cc1. The molecule has 2 heteroatoms. The lowest BCUT2D eigenvalue weighted by atomic mass is 9.17. The molecule has 39 heavy (non-hydrogen) atoms. The van der Waals surface area contributed by atoms with Crippen LogP contribution in [0, 0.1) is 0 Å². The molecule has 0 N–H and O–H groups in total. The number of hydrogen-bond donors (Lipinski definition) is 0. The first-order chi connectivity index (χ1) is 19.3. The molecular weight excluding hydrogens is 487 g/mol. The van der Waals surface area contributed by atoms with Gasteiger partial charge in [-0.3, -0.25) is 0 Å². The van der Waals surface area contributed by atoms with Crippen molar-refractivity contribution >= 4 is 33.4 Å². The minimum atomic E-state index is -0.912. The molecule has 6 aromatic rings. The van der Waals surface area contributed by atoms with E-state index in [4.69, 9.17) is 0 Å². The first-order valence-corrected chi connectivity index (χ1v) is 14.7. The summed E-state index contributed by atoms with van der Waals surface area (Å²) in [6.45, 7) is 2.36. The van der Waals surface area contributed by atoms with E-state index in [0.717, 1.165) is 0 Å². The third-order valence-electron chi connectivity index (χ3n) is 7.34. The van der Waals surface area contributed by atoms with E-state index in [-0.39, 0.29) is 10.9 Å². The van der Waals surface area contributed by atoms with Crippen molar-refractivity contribution < 1.29 is 0 Å². The molecule has 0 aromatic heterocycles. The quantitative estimate of drug-likeness (QED) is 0.157. The standard InChI is InChI=1S/C19H18B.C18H15S/c1-20(17-11-5-2-6-12-17,18-13-7-3-8-14-18)19-15-9-4-10-16-19;1-4-10-16(11-5-1)19(17-12-6-2-7-13-17)18-14-8-3-9-15-18/h2-16H,1H3;1-15H/q-1;+1. The molecule has 0 aliphatic heterocycles. The predicted octanol–water partition coefficient (Wildman–Crippen LogP) is 7.57. The van der Waals surface area contributed by atoms with Crippen molar-refractivity contribution in [3.63, 3.8) is 0 Å². The van der Waals surface area contributed by atoms with Gasteiger partial charge in [0.1, 0.15) is 0 Å². The predicted molar refractivity (Wildman–Crippen MR) is 171 cm³/mol. The van der Waals surface area contributed by atoms with Gasteiger partial charge in [-0.05, 0) is 36.4 Å². The molecule has 0 aliphatic rings. The average molecular weight is 521 g/mol. The highest BCUT2D eigenvalue weighted by Crippen LogP contribution is 2.30. The van der Waals surface area contributed by atoms with E-state index in [2.05, 4.69) is 189 Å². The maximum atomic E-state index is 2.36. The summed E-state index contributed by atoms with van der Waals surface area (Å²) < 4.78 is 0. The molecule has 0 spiro atoms. The summed E-state index contributed by atoms with van der Waals surface area (Å²) in [5, 5.41) is 0. The van der Waals surface area contributed by atoms with E-state index in [1.807, 2.05) is 0 Å². The first-order valence-electron chi connectivity index (χ1n) is 13.5.